The molecule has 0 saturated heterocycles. The van der Waals surface area contributed by atoms with Crippen LogP contribution in [-0.4, -0.2) is 23.6 Å². The molecule has 2 aliphatic rings. The van der Waals surface area contributed by atoms with Crippen LogP contribution in [0.25, 0.3) is 0 Å². The average molecular weight is 148 g/mol. The standard InChI is InChI=1S/C7H8N4/c8-6-4-10-7-9-2-1-3-11(7)5-6/h1-2,4-5H,3,8H2. The van der Waals surface area contributed by atoms with E-state index in [9.17, 15) is 0 Å². The Balaban J connectivity index is 2.33. The molecule has 0 fully saturated rings. The van der Waals surface area contributed by atoms with Crippen LogP contribution in [0.5, 0.6) is 0 Å². The number of nitrogens with zero attached hydrogens (tertiary/aromatic N) is 3. The summed E-state index contributed by atoms with van der Waals surface area (Å²) in [7, 11) is 0. The zero-order valence-electron chi connectivity index (χ0n) is 5.94. The summed E-state index contributed by atoms with van der Waals surface area (Å²) >= 11 is 0. The molecule has 0 aromatic rings. The van der Waals surface area contributed by atoms with E-state index in [1.54, 1.807) is 12.4 Å². The summed E-state index contributed by atoms with van der Waals surface area (Å²) in [5, 5.41) is 0. The smallest absolute Gasteiger partial charge is 0.229 e. The van der Waals surface area contributed by atoms with Crippen LogP contribution in [0.15, 0.2) is 34.2 Å². The van der Waals surface area contributed by atoms with Gasteiger partial charge in [0.1, 0.15) is 0 Å². The predicted molar refractivity (Wildman–Crippen MR) is 44.0 cm³/mol. The molecule has 0 aromatic carbocycles. The summed E-state index contributed by atoms with van der Waals surface area (Å²) in [6.45, 7) is 0.802. The van der Waals surface area contributed by atoms with E-state index in [1.165, 1.54) is 0 Å². The van der Waals surface area contributed by atoms with Gasteiger partial charge in [0, 0.05) is 18.9 Å². The van der Waals surface area contributed by atoms with Crippen molar-refractivity contribution < 1.29 is 0 Å². The first-order valence-corrected chi connectivity index (χ1v) is 3.37. The Kier molecular flexibility index (Phi) is 1.25. The topological polar surface area (TPSA) is 54.0 Å². The molecule has 0 aliphatic carbocycles. The molecule has 0 spiro atoms. The van der Waals surface area contributed by atoms with E-state index in [4.69, 9.17) is 5.73 Å². The van der Waals surface area contributed by atoms with Gasteiger partial charge in [0.2, 0.25) is 5.96 Å². The Labute approximate surface area is 64.4 Å². The van der Waals surface area contributed by atoms with E-state index in [2.05, 4.69) is 9.98 Å². The molecule has 2 N–H and O–H groups in total. The molecular weight excluding hydrogens is 140 g/mol. The van der Waals surface area contributed by atoms with Crippen molar-refractivity contribution in [3.05, 3.63) is 24.2 Å². The first kappa shape index (κ1) is 6.15. The van der Waals surface area contributed by atoms with E-state index in [-0.39, 0.29) is 0 Å². The second kappa shape index (κ2) is 2.23. The lowest BCUT2D eigenvalue weighted by atomic mass is 10.4. The molecule has 0 saturated carbocycles. The minimum Gasteiger partial charge on any atom is -0.396 e. The lowest BCUT2D eigenvalue weighted by Crippen LogP contribution is -2.30. The van der Waals surface area contributed by atoms with Gasteiger partial charge in [0.25, 0.3) is 0 Å². The minimum absolute atomic E-state index is 0.666. The Hall–Kier alpha value is -1.58. The Morgan fingerprint density at radius 2 is 2.45 bits per heavy atom. The van der Waals surface area contributed by atoms with Gasteiger partial charge in [-0.1, -0.05) is 0 Å². The maximum atomic E-state index is 5.53. The molecular formula is C7H8N4. The fourth-order valence-electron chi connectivity index (χ4n) is 0.999. The number of hydrogen-bond donors (Lipinski definition) is 1. The molecule has 2 aliphatic heterocycles. The van der Waals surface area contributed by atoms with Gasteiger partial charge in [0.05, 0.1) is 11.9 Å². The van der Waals surface area contributed by atoms with Gasteiger partial charge in [-0.05, 0) is 6.08 Å². The number of hydrogen-bond acceptors (Lipinski definition) is 4. The number of rotatable bonds is 0. The van der Waals surface area contributed by atoms with Crippen LogP contribution in [0.1, 0.15) is 0 Å². The van der Waals surface area contributed by atoms with Crippen molar-refractivity contribution in [1.29, 1.82) is 0 Å². The van der Waals surface area contributed by atoms with E-state index in [0.717, 1.165) is 6.54 Å². The molecule has 0 unspecified atom stereocenters. The predicted octanol–water partition coefficient (Wildman–Crippen LogP) is 0.0562. The van der Waals surface area contributed by atoms with E-state index in [1.807, 2.05) is 17.2 Å². The minimum atomic E-state index is 0.666. The molecule has 4 heteroatoms. The van der Waals surface area contributed by atoms with Crippen LogP contribution in [-0.2, 0) is 0 Å². The summed E-state index contributed by atoms with van der Waals surface area (Å²) in [5.74, 6) is 0.710. The molecule has 0 aromatic heterocycles. The normalized spacial score (nSPS) is 20.9. The summed E-state index contributed by atoms with van der Waals surface area (Å²) in [4.78, 5) is 9.99. The van der Waals surface area contributed by atoms with Gasteiger partial charge < -0.3 is 10.6 Å². The van der Waals surface area contributed by atoms with Crippen molar-refractivity contribution in [3.63, 3.8) is 0 Å². The first-order valence-electron chi connectivity index (χ1n) is 3.37. The van der Waals surface area contributed by atoms with Gasteiger partial charge in [-0.3, -0.25) is 0 Å². The number of guanidine groups is 1. The highest BCUT2D eigenvalue weighted by molar-refractivity contribution is 5.97. The van der Waals surface area contributed by atoms with Crippen LogP contribution in [0.3, 0.4) is 0 Å². The third-order valence-electron chi connectivity index (χ3n) is 1.49. The van der Waals surface area contributed by atoms with Gasteiger partial charge >= 0.3 is 0 Å². The van der Waals surface area contributed by atoms with Crippen LogP contribution in [0.2, 0.25) is 0 Å². The molecule has 2 rings (SSSR count). The van der Waals surface area contributed by atoms with Crippen LogP contribution < -0.4 is 5.73 Å². The highest BCUT2D eigenvalue weighted by atomic mass is 15.3. The monoisotopic (exact) mass is 148 g/mol. The van der Waals surface area contributed by atoms with Crippen LogP contribution in [0, 0.1) is 0 Å². The van der Waals surface area contributed by atoms with Crippen molar-refractivity contribution in [2.45, 2.75) is 0 Å². The Morgan fingerprint density at radius 1 is 1.55 bits per heavy atom. The first-order chi connectivity index (χ1) is 5.36. The summed E-state index contributed by atoms with van der Waals surface area (Å²) in [5.41, 5.74) is 6.20. The van der Waals surface area contributed by atoms with Crippen molar-refractivity contribution in [3.8, 4) is 0 Å². The van der Waals surface area contributed by atoms with Crippen LogP contribution in [0.4, 0.5) is 0 Å². The second-order valence-electron chi connectivity index (χ2n) is 2.35. The molecule has 2 heterocycles. The second-order valence-corrected chi connectivity index (χ2v) is 2.35. The maximum Gasteiger partial charge on any atom is 0.229 e. The fourth-order valence-corrected chi connectivity index (χ4v) is 0.999. The number of aliphatic imine (C=N–C) groups is 2. The lowest BCUT2D eigenvalue weighted by Gasteiger charge is -2.22. The van der Waals surface area contributed by atoms with E-state index >= 15 is 0 Å². The molecule has 4 nitrogen and oxygen atoms in total. The zero-order valence-corrected chi connectivity index (χ0v) is 5.94. The third-order valence-corrected chi connectivity index (χ3v) is 1.49. The lowest BCUT2D eigenvalue weighted by molar-refractivity contribution is 0.598. The van der Waals surface area contributed by atoms with Crippen molar-refractivity contribution in [2.24, 2.45) is 15.7 Å². The number of allylic oxidation sites excluding steroid dienone is 1. The Bertz CT molecular complexity index is 285. The zero-order chi connectivity index (χ0) is 7.68. The Morgan fingerprint density at radius 3 is 3.36 bits per heavy atom. The van der Waals surface area contributed by atoms with Crippen LogP contribution >= 0.6 is 0 Å². The quantitative estimate of drug-likeness (QED) is 0.528. The van der Waals surface area contributed by atoms with Gasteiger partial charge in [-0.25, -0.2) is 9.98 Å². The van der Waals surface area contributed by atoms with E-state index in [0.29, 0.717) is 11.7 Å². The maximum absolute atomic E-state index is 5.53. The molecule has 0 atom stereocenters. The highest BCUT2D eigenvalue weighted by Gasteiger charge is 2.11. The average Bonchev–Trinajstić information content (AvgIpc) is 2.04. The number of fused-ring (bicyclic) bond motifs is 1. The van der Waals surface area contributed by atoms with Gasteiger partial charge in [0.15, 0.2) is 0 Å². The van der Waals surface area contributed by atoms with Gasteiger partial charge in [-0.2, -0.15) is 0 Å². The highest BCUT2D eigenvalue weighted by Crippen LogP contribution is 2.06. The number of nitrogens with two attached hydrogens (primary N) is 1. The van der Waals surface area contributed by atoms with Crippen molar-refractivity contribution in [1.82, 2.24) is 4.90 Å². The van der Waals surface area contributed by atoms with Crippen molar-refractivity contribution >= 4 is 12.2 Å². The summed E-state index contributed by atoms with van der Waals surface area (Å²) < 4.78 is 0. The fraction of sp³-hybridized carbons (Fsp3) is 0.143. The molecule has 0 bridgehead atoms. The van der Waals surface area contributed by atoms with E-state index < -0.39 is 0 Å². The van der Waals surface area contributed by atoms with Crippen molar-refractivity contribution in [2.75, 3.05) is 6.54 Å². The molecule has 56 valence electrons. The summed E-state index contributed by atoms with van der Waals surface area (Å²) in [6.07, 6.45) is 7.14. The molecule has 0 radical (unpaired) electrons. The molecule has 11 heavy (non-hydrogen) atoms. The largest absolute Gasteiger partial charge is 0.396 e. The molecule has 0 amide bonds. The SMILES string of the molecule is NC1=CN2CC=CN=C2N=C1. The van der Waals surface area contributed by atoms with Gasteiger partial charge in [-0.15, -0.1) is 0 Å². The summed E-state index contributed by atoms with van der Waals surface area (Å²) in [6, 6.07) is 0. The third kappa shape index (κ3) is 1.02.